The van der Waals surface area contributed by atoms with Gasteiger partial charge in [0.05, 0.1) is 5.69 Å². The van der Waals surface area contributed by atoms with Crippen LogP contribution in [0.15, 0.2) is 58.4 Å². The third-order valence-electron chi connectivity index (χ3n) is 4.53. The Bertz CT molecular complexity index is 1160. The summed E-state index contributed by atoms with van der Waals surface area (Å²) in [5.74, 6) is 0. The molecular weight excluding hydrogens is 362 g/mol. The van der Waals surface area contributed by atoms with Crippen LogP contribution in [-0.2, 0) is 13.6 Å². The number of fused-ring (bicyclic) bond motifs is 1. The van der Waals surface area contributed by atoms with Crippen LogP contribution in [0, 0.1) is 0 Å². The van der Waals surface area contributed by atoms with Gasteiger partial charge in [0.1, 0.15) is 21.3 Å². The summed E-state index contributed by atoms with van der Waals surface area (Å²) in [6, 6.07) is 14.3. The average molecular weight is 383 g/mol. The summed E-state index contributed by atoms with van der Waals surface area (Å²) < 4.78 is 5.70. The second kappa shape index (κ2) is 6.78. The summed E-state index contributed by atoms with van der Waals surface area (Å²) in [7, 11) is 4.05. The normalized spacial score (nSPS) is 16.3. The van der Waals surface area contributed by atoms with E-state index in [0.717, 1.165) is 25.6 Å². The lowest BCUT2D eigenvalue weighted by atomic mass is 10.3. The number of para-hydroxylation sites is 1. The van der Waals surface area contributed by atoms with Crippen LogP contribution in [0.2, 0.25) is 0 Å². The monoisotopic (exact) mass is 382 g/mol. The molecule has 6 heteroatoms. The van der Waals surface area contributed by atoms with Crippen molar-refractivity contribution < 1.29 is 4.57 Å². The lowest BCUT2D eigenvalue weighted by Crippen LogP contribution is -2.34. The maximum atomic E-state index is 13.1. The molecule has 4 nitrogen and oxygen atoms in total. The van der Waals surface area contributed by atoms with Crippen LogP contribution in [0.25, 0.3) is 11.1 Å². The van der Waals surface area contributed by atoms with Gasteiger partial charge in [-0.1, -0.05) is 23.9 Å². The molecule has 3 aromatic rings. The summed E-state index contributed by atoms with van der Waals surface area (Å²) >= 11 is 3.24. The van der Waals surface area contributed by atoms with E-state index in [2.05, 4.69) is 33.7 Å². The third kappa shape index (κ3) is 2.79. The maximum Gasteiger partial charge on any atom is 0.271 e. The Hall–Kier alpha value is -2.31. The van der Waals surface area contributed by atoms with Crippen LogP contribution in [0.3, 0.4) is 0 Å². The van der Waals surface area contributed by atoms with E-state index in [1.165, 1.54) is 4.90 Å². The van der Waals surface area contributed by atoms with E-state index in [1.807, 2.05) is 56.0 Å². The molecule has 1 aliphatic rings. The second-order valence-corrected chi connectivity index (χ2v) is 8.19. The van der Waals surface area contributed by atoms with Crippen molar-refractivity contribution >= 4 is 39.9 Å². The molecule has 0 radical (unpaired) electrons. The largest absolute Gasteiger partial charge is 0.337 e. The van der Waals surface area contributed by atoms with E-state index >= 15 is 0 Å². The van der Waals surface area contributed by atoms with Gasteiger partial charge in [-0.25, -0.2) is 4.57 Å². The molecule has 0 spiro atoms. The Balaban J connectivity index is 1.95. The van der Waals surface area contributed by atoms with Gasteiger partial charge in [0.2, 0.25) is 5.69 Å². The lowest BCUT2D eigenvalue weighted by Gasteiger charge is -2.11. The number of aromatic nitrogens is 2. The first-order valence-electron chi connectivity index (χ1n) is 8.51. The van der Waals surface area contributed by atoms with Gasteiger partial charge >= 0.3 is 0 Å². The van der Waals surface area contributed by atoms with E-state index in [-0.39, 0.29) is 5.56 Å². The van der Waals surface area contributed by atoms with Crippen LogP contribution in [-0.4, -0.2) is 11.6 Å². The molecule has 2 aromatic heterocycles. The number of benzene rings is 1. The maximum absolute atomic E-state index is 13.1. The molecule has 0 fully saturated rings. The van der Waals surface area contributed by atoms with Crippen molar-refractivity contribution in [2.45, 2.75) is 18.4 Å². The smallest absolute Gasteiger partial charge is 0.271 e. The van der Waals surface area contributed by atoms with Gasteiger partial charge in [-0.15, -0.1) is 11.3 Å². The predicted octanol–water partition coefficient (Wildman–Crippen LogP) is 1.89. The van der Waals surface area contributed by atoms with Gasteiger partial charge in [0.15, 0.2) is 6.20 Å². The molecule has 132 valence electrons. The molecule has 0 saturated heterocycles. The number of pyridine rings is 1. The Kier molecular flexibility index (Phi) is 4.46. The van der Waals surface area contributed by atoms with Crippen LogP contribution < -0.4 is 24.2 Å². The molecule has 26 heavy (non-hydrogen) atoms. The summed E-state index contributed by atoms with van der Waals surface area (Å²) in [4.78, 5) is 16.4. The zero-order valence-corrected chi connectivity index (χ0v) is 16.6. The highest BCUT2D eigenvalue weighted by Gasteiger charge is 2.24. The molecule has 4 rings (SSSR count). The van der Waals surface area contributed by atoms with Gasteiger partial charge in [-0.3, -0.25) is 9.36 Å². The minimum Gasteiger partial charge on any atom is -0.337 e. The molecule has 1 aliphatic heterocycles. The van der Waals surface area contributed by atoms with Crippen LogP contribution in [0.1, 0.15) is 12.6 Å². The molecule has 0 N–H and O–H groups in total. The fourth-order valence-electron chi connectivity index (χ4n) is 3.08. The molecule has 3 heterocycles. The minimum absolute atomic E-state index is 0.0875. The fraction of sp³-hybridized carbons (Fsp3) is 0.200. The van der Waals surface area contributed by atoms with Crippen LogP contribution in [0.5, 0.6) is 0 Å². The summed E-state index contributed by atoms with van der Waals surface area (Å²) in [5, 5.41) is 1.01. The number of aryl methyl sites for hydroxylation is 1. The number of thioether (sulfide) groups is 1. The van der Waals surface area contributed by atoms with E-state index in [1.54, 1.807) is 23.1 Å². The molecule has 0 amide bonds. The predicted molar refractivity (Wildman–Crippen MR) is 109 cm³/mol. The minimum atomic E-state index is 0.0875. The van der Waals surface area contributed by atoms with Crippen LogP contribution >= 0.6 is 23.1 Å². The van der Waals surface area contributed by atoms with E-state index < -0.39 is 0 Å². The fourth-order valence-corrected chi connectivity index (χ4v) is 5.54. The molecule has 1 aromatic carbocycles. The summed E-state index contributed by atoms with van der Waals surface area (Å²) in [6.07, 6.45) is 4.10. The Labute approximate surface area is 160 Å². The lowest BCUT2D eigenvalue weighted by molar-refractivity contribution is -0.673. The average Bonchev–Trinajstić information content (AvgIpc) is 3.14. The molecule has 0 bridgehead atoms. The van der Waals surface area contributed by atoms with Crippen molar-refractivity contribution in [2.24, 2.45) is 7.05 Å². The van der Waals surface area contributed by atoms with Crippen molar-refractivity contribution in [1.29, 1.82) is 0 Å². The Morgan fingerprint density at radius 2 is 1.92 bits per heavy atom. The molecular formula is C20H20N3OS2+. The Morgan fingerprint density at radius 3 is 2.65 bits per heavy atom. The molecule has 0 saturated carbocycles. The van der Waals surface area contributed by atoms with E-state index in [4.69, 9.17) is 0 Å². The first-order chi connectivity index (χ1) is 12.6. The summed E-state index contributed by atoms with van der Waals surface area (Å²) in [6.45, 7) is 2.68. The van der Waals surface area contributed by atoms with E-state index in [9.17, 15) is 4.79 Å². The Morgan fingerprint density at radius 1 is 1.15 bits per heavy atom. The molecule has 0 unspecified atom stereocenters. The van der Waals surface area contributed by atoms with Crippen molar-refractivity contribution in [3.63, 3.8) is 0 Å². The number of rotatable bonds is 2. The second-order valence-electron chi connectivity index (χ2n) is 6.13. The third-order valence-corrected chi connectivity index (χ3v) is 7.01. The van der Waals surface area contributed by atoms with Gasteiger partial charge in [0.25, 0.3) is 5.56 Å². The standard InChI is InChI=1S/C20H20N3OS2/c1-4-23-17(13-14-9-7-8-12-21(14)2)26-18(19(23)24)20-22(3)15-10-5-6-11-16(15)25-20/h5-13H,4H2,1-3H3/q+1/b20-18-. The number of hydrogen-bond acceptors (Lipinski definition) is 4. The summed E-state index contributed by atoms with van der Waals surface area (Å²) in [5.41, 5.74) is 2.32. The first-order valence-corrected chi connectivity index (χ1v) is 10.1. The van der Waals surface area contributed by atoms with Crippen molar-refractivity contribution in [3.8, 4) is 0 Å². The van der Waals surface area contributed by atoms with Crippen molar-refractivity contribution in [3.05, 3.63) is 73.9 Å². The van der Waals surface area contributed by atoms with Gasteiger partial charge in [0, 0.05) is 36.7 Å². The molecule has 0 atom stereocenters. The topological polar surface area (TPSA) is 29.1 Å². The zero-order chi connectivity index (χ0) is 18.3. The van der Waals surface area contributed by atoms with Crippen molar-refractivity contribution in [2.75, 3.05) is 11.9 Å². The number of nitrogens with zero attached hydrogens (tertiary/aromatic N) is 3. The van der Waals surface area contributed by atoms with Crippen molar-refractivity contribution in [1.82, 2.24) is 4.57 Å². The quantitative estimate of drug-likeness (QED) is 0.634. The number of hydrogen-bond donors (Lipinski definition) is 0. The number of anilines is 1. The van der Waals surface area contributed by atoms with Gasteiger partial charge < -0.3 is 4.90 Å². The SMILES string of the molecule is CCn1c(=O)/c(=C2/Sc3ccccc3N2C)s/c1=C\c1cccc[n+]1C. The first kappa shape index (κ1) is 17.1. The van der Waals surface area contributed by atoms with Gasteiger partial charge in [-0.2, -0.15) is 0 Å². The highest BCUT2D eigenvalue weighted by atomic mass is 32.2. The van der Waals surface area contributed by atoms with E-state index in [0.29, 0.717) is 6.54 Å². The van der Waals surface area contributed by atoms with Gasteiger partial charge in [-0.05, 0) is 25.1 Å². The van der Waals surface area contributed by atoms with Crippen LogP contribution in [0.4, 0.5) is 5.69 Å². The highest BCUT2D eigenvalue weighted by molar-refractivity contribution is 8.08. The molecule has 0 aliphatic carbocycles. The number of thiazole rings is 1. The highest BCUT2D eigenvalue weighted by Crippen LogP contribution is 2.44. The zero-order valence-electron chi connectivity index (χ0n) is 15.0.